The topological polar surface area (TPSA) is 61.8 Å². The highest BCUT2D eigenvalue weighted by atomic mass is 16.5. The van der Waals surface area contributed by atoms with Crippen LogP contribution in [0.2, 0.25) is 0 Å². The van der Waals surface area contributed by atoms with E-state index in [-0.39, 0.29) is 24.1 Å². The van der Waals surface area contributed by atoms with Crippen molar-refractivity contribution in [1.82, 2.24) is 10.2 Å². The fourth-order valence-corrected chi connectivity index (χ4v) is 3.05. The summed E-state index contributed by atoms with van der Waals surface area (Å²) in [4.78, 5) is 14.5. The number of nitrogens with zero attached hydrogens (tertiary/aromatic N) is 1. The van der Waals surface area contributed by atoms with Gasteiger partial charge >= 0.3 is 0 Å². The molecular formula is C14H26N2O3. The average molecular weight is 270 g/mol. The third-order valence-electron chi connectivity index (χ3n) is 4.04. The highest BCUT2D eigenvalue weighted by Crippen LogP contribution is 2.26. The Kier molecular flexibility index (Phi) is 5.19. The summed E-state index contributed by atoms with van der Waals surface area (Å²) in [6.45, 7) is 5.95. The highest BCUT2D eigenvalue weighted by molar-refractivity contribution is 5.82. The van der Waals surface area contributed by atoms with Crippen LogP contribution in [0.25, 0.3) is 0 Å². The van der Waals surface area contributed by atoms with E-state index >= 15 is 0 Å². The van der Waals surface area contributed by atoms with Crippen LogP contribution in [0.5, 0.6) is 0 Å². The maximum Gasteiger partial charge on any atom is 0.239 e. The number of carbonyl (C=O) groups excluding carboxylic acids is 1. The van der Waals surface area contributed by atoms with E-state index in [9.17, 15) is 9.90 Å². The number of morpholine rings is 1. The summed E-state index contributed by atoms with van der Waals surface area (Å²) in [6, 6.07) is 0.399. The van der Waals surface area contributed by atoms with E-state index in [4.69, 9.17) is 4.74 Å². The number of hydrogen-bond acceptors (Lipinski definition) is 4. The molecule has 0 spiro atoms. The molecule has 19 heavy (non-hydrogen) atoms. The number of amides is 1. The molecule has 0 bridgehead atoms. The molecule has 1 unspecified atom stereocenters. The number of rotatable bonds is 3. The Balaban J connectivity index is 1.97. The molecule has 1 amide bonds. The van der Waals surface area contributed by atoms with Crippen molar-refractivity contribution in [3.05, 3.63) is 0 Å². The summed E-state index contributed by atoms with van der Waals surface area (Å²) in [6.07, 6.45) is 3.50. The highest BCUT2D eigenvalue weighted by Gasteiger charge is 2.35. The average Bonchev–Trinajstić information content (AvgIpc) is 2.39. The lowest BCUT2D eigenvalue weighted by Gasteiger charge is -2.42. The van der Waals surface area contributed by atoms with E-state index in [1.807, 2.05) is 13.8 Å². The minimum absolute atomic E-state index is 0.0702. The van der Waals surface area contributed by atoms with Crippen molar-refractivity contribution in [1.29, 1.82) is 0 Å². The third-order valence-corrected chi connectivity index (χ3v) is 4.04. The van der Waals surface area contributed by atoms with Crippen LogP contribution in [0.4, 0.5) is 0 Å². The first-order valence-corrected chi connectivity index (χ1v) is 7.40. The minimum Gasteiger partial charge on any atom is -0.393 e. The van der Waals surface area contributed by atoms with Gasteiger partial charge in [0.2, 0.25) is 5.91 Å². The van der Waals surface area contributed by atoms with Gasteiger partial charge in [-0.15, -0.1) is 0 Å². The molecule has 2 fully saturated rings. The first-order chi connectivity index (χ1) is 9.08. The van der Waals surface area contributed by atoms with Crippen LogP contribution in [-0.2, 0) is 9.53 Å². The summed E-state index contributed by atoms with van der Waals surface area (Å²) >= 11 is 0. The van der Waals surface area contributed by atoms with E-state index in [1.165, 1.54) is 0 Å². The van der Waals surface area contributed by atoms with Crippen molar-refractivity contribution in [3.63, 3.8) is 0 Å². The van der Waals surface area contributed by atoms with Gasteiger partial charge in [-0.05, 0) is 39.5 Å². The molecule has 1 heterocycles. The van der Waals surface area contributed by atoms with E-state index in [0.717, 1.165) is 32.2 Å². The molecule has 1 saturated carbocycles. The van der Waals surface area contributed by atoms with Gasteiger partial charge in [-0.2, -0.15) is 0 Å². The molecule has 2 rings (SSSR count). The number of carbonyl (C=O) groups is 1. The predicted molar refractivity (Wildman–Crippen MR) is 72.9 cm³/mol. The lowest BCUT2D eigenvalue weighted by molar-refractivity contribution is -0.136. The number of nitrogens with one attached hydrogen (secondary N) is 1. The second kappa shape index (κ2) is 6.68. The molecule has 5 nitrogen and oxygen atoms in total. The molecule has 0 aromatic carbocycles. The van der Waals surface area contributed by atoms with Gasteiger partial charge in [0.15, 0.2) is 0 Å². The summed E-state index contributed by atoms with van der Waals surface area (Å²) < 4.78 is 5.48. The number of aliphatic hydroxyl groups excluding tert-OH is 1. The molecular weight excluding hydrogens is 244 g/mol. The van der Waals surface area contributed by atoms with E-state index in [1.54, 1.807) is 0 Å². The summed E-state index contributed by atoms with van der Waals surface area (Å²) in [5.74, 6) is 0.0702. The Bertz CT molecular complexity index is 301. The van der Waals surface area contributed by atoms with Crippen molar-refractivity contribution in [3.8, 4) is 0 Å². The van der Waals surface area contributed by atoms with Crippen molar-refractivity contribution < 1.29 is 14.6 Å². The van der Waals surface area contributed by atoms with Gasteiger partial charge in [-0.3, -0.25) is 9.69 Å². The van der Waals surface area contributed by atoms with Crippen LogP contribution in [0.1, 0.15) is 39.5 Å². The molecule has 1 aliphatic carbocycles. The van der Waals surface area contributed by atoms with Gasteiger partial charge in [0, 0.05) is 18.6 Å². The zero-order chi connectivity index (χ0) is 13.8. The molecule has 1 saturated heterocycles. The van der Waals surface area contributed by atoms with Gasteiger partial charge in [0.25, 0.3) is 0 Å². The van der Waals surface area contributed by atoms with Gasteiger partial charge < -0.3 is 15.2 Å². The smallest absolute Gasteiger partial charge is 0.239 e. The Morgan fingerprint density at radius 1 is 1.32 bits per heavy atom. The number of hydrogen-bond donors (Lipinski definition) is 2. The Hall–Kier alpha value is -0.650. The van der Waals surface area contributed by atoms with Crippen LogP contribution in [0.3, 0.4) is 0 Å². The molecule has 1 aliphatic heterocycles. The third kappa shape index (κ3) is 3.91. The normalized spacial score (nSPS) is 33.4. The molecule has 110 valence electrons. The zero-order valence-electron chi connectivity index (χ0n) is 12.0. The largest absolute Gasteiger partial charge is 0.393 e. The van der Waals surface area contributed by atoms with Crippen LogP contribution >= 0.6 is 0 Å². The van der Waals surface area contributed by atoms with Crippen LogP contribution in [0, 0.1) is 0 Å². The first kappa shape index (κ1) is 14.8. The Labute approximate surface area is 115 Å². The van der Waals surface area contributed by atoms with Gasteiger partial charge in [-0.25, -0.2) is 0 Å². The van der Waals surface area contributed by atoms with Crippen molar-refractivity contribution >= 4 is 5.91 Å². The lowest BCUT2D eigenvalue weighted by Crippen LogP contribution is -2.58. The number of ether oxygens (including phenoxy) is 1. The van der Waals surface area contributed by atoms with Crippen molar-refractivity contribution in [2.24, 2.45) is 0 Å². The van der Waals surface area contributed by atoms with Crippen LogP contribution in [0.15, 0.2) is 0 Å². The Morgan fingerprint density at radius 2 is 2.00 bits per heavy atom. The van der Waals surface area contributed by atoms with Crippen molar-refractivity contribution in [2.45, 2.75) is 63.8 Å². The summed E-state index contributed by atoms with van der Waals surface area (Å²) in [7, 11) is 0. The fourth-order valence-electron chi connectivity index (χ4n) is 3.05. The minimum atomic E-state index is -0.170. The lowest BCUT2D eigenvalue weighted by atomic mass is 9.90. The zero-order valence-corrected chi connectivity index (χ0v) is 12.0. The quantitative estimate of drug-likeness (QED) is 0.784. The van der Waals surface area contributed by atoms with Crippen molar-refractivity contribution in [2.75, 3.05) is 19.8 Å². The van der Waals surface area contributed by atoms with E-state index < -0.39 is 0 Å². The monoisotopic (exact) mass is 270 g/mol. The molecule has 0 aromatic rings. The molecule has 5 heteroatoms. The Morgan fingerprint density at radius 3 is 2.63 bits per heavy atom. The molecule has 0 radical (unpaired) electrons. The predicted octanol–water partition coefficient (Wildman–Crippen LogP) is 0.515. The van der Waals surface area contributed by atoms with E-state index in [0.29, 0.717) is 19.3 Å². The molecule has 0 aromatic heterocycles. The molecule has 1 atom stereocenters. The molecule has 2 N–H and O–H groups in total. The maximum absolute atomic E-state index is 12.2. The first-order valence-electron chi connectivity index (χ1n) is 7.40. The maximum atomic E-state index is 12.2. The van der Waals surface area contributed by atoms with Crippen LogP contribution < -0.4 is 5.32 Å². The second-order valence-electron chi connectivity index (χ2n) is 5.95. The fraction of sp³-hybridized carbons (Fsp3) is 0.929. The standard InChI is InChI=1S/C14H26N2O3/c1-10(2)15-14(18)13-9-19-8-7-16(13)11-3-5-12(17)6-4-11/h10-13,17H,3-9H2,1-2H3,(H,15,18). The number of aliphatic hydroxyl groups is 1. The SMILES string of the molecule is CC(C)NC(=O)C1COCCN1C1CCC(O)CC1. The summed E-state index contributed by atoms with van der Waals surface area (Å²) in [5.41, 5.74) is 0. The summed E-state index contributed by atoms with van der Waals surface area (Å²) in [5, 5.41) is 12.6. The van der Waals surface area contributed by atoms with Gasteiger partial charge in [0.05, 0.1) is 19.3 Å². The van der Waals surface area contributed by atoms with Crippen LogP contribution in [-0.4, -0.2) is 59.9 Å². The van der Waals surface area contributed by atoms with E-state index in [2.05, 4.69) is 10.2 Å². The van der Waals surface area contributed by atoms with Gasteiger partial charge in [-0.1, -0.05) is 0 Å². The second-order valence-corrected chi connectivity index (χ2v) is 5.95. The molecule has 2 aliphatic rings. The van der Waals surface area contributed by atoms with Gasteiger partial charge in [0.1, 0.15) is 6.04 Å².